The highest BCUT2D eigenvalue weighted by molar-refractivity contribution is 8.14. The van der Waals surface area contributed by atoms with E-state index in [1.54, 1.807) is 0 Å². The van der Waals surface area contributed by atoms with Gasteiger partial charge in [-0.1, -0.05) is 24.6 Å². The van der Waals surface area contributed by atoms with E-state index in [2.05, 4.69) is 10.6 Å². The Kier molecular flexibility index (Phi) is 3.39. The summed E-state index contributed by atoms with van der Waals surface area (Å²) in [5.74, 6) is 0.280. The molecule has 2 fully saturated rings. The van der Waals surface area contributed by atoms with E-state index in [9.17, 15) is 14.7 Å². The lowest BCUT2D eigenvalue weighted by Gasteiger charge is -2.23. The lowest BCUT2D eigenvalue weighted by Crippen LogP contribution is -2.48. The lowest BCUT2D eigenvalue weighted by molar-refractivity contribution is -0.123. The van der Waals surface area contributed by atoms with Gasteiger partial charge in [-0.2, -0.15) is 0 Å². The van der Waals surface area contributed by atoms with Gasteiger partial charge in [0.25, 0.3) is 5.24 Å². The number of thioether (sulfide) groups is 1. The highest BCUT2D eigenvalue weighted by atomic mass is 32.2. The van der Waals surface area contributed by atoms with Gasteiger partial charge in [0.2, 0.25) is 5.91 Å². The van der Waals surface area contributed by atoms with Crippen molar-refractivity contribution in [3.05, 3.63) is 0 Å². The molecule has 6 heteroatoms. The first-order valence-electron chi connectivity index (χ1n) is 5.52. The molecule has 1 aliphatic carbocycles. The number of amides is 2. The lowest BCUT2D eigenvalue weighted by atomic mass is 10.0. The molecule has 1 unspecified atom stereocenters. The molecule has 0 bridgehead atoms. The van der Waals surface area contributed by atoms with Crippen molar-refractivity contribution in [1.82, 2.24) is 10.6 Å². The zero-order valence-electron chi connectivity index (χ0n) is 8.99. The molecule has 0 aromatic carbocycles. The van der Waals surface area contributed by atoms with Crippen molar-refractivity contribution in [2.24, 2.45) is 0 Å². The molecule has 0 aromatic heterocycles. The standard InChI is InChI=1S/C10H16N2O3S/c13-8(7-5-16-9(14)12-7)11-6-10(15)3-1-2-4-10/h7,15H,1-6H2,(H,11,13)(H,12,14). The van der Waals surface area contributed by atoms with Crippen LogP contribution < -0.4 is 10.6 Å². The number of carbonyl (C=O) groups is 2. The second kappa shape index (κ2) is 4.63. The van der Waals surface area contributed by atoms with Crippen molar-refractivity contribution in [2.75, 3.05) is 12.3 Å². The second-order valence-corrected chi connectivity index (χ2v) is 5.44. The predicted octanol–water partition coefficient (Wildman–Crippen LogP) is 0.233. The number of carbonyl (C=O) groups excluding carboxylic acids is 2. The van der Waals surface area contributed by atoms with Crippen LogP contribution in [0.15, 0.2) is 0 Å². The van der Waals surface area contributed by atoms with Crippen LogP contribution >= 0.6 is 11.8 Å². The molecule has 1 heterocycles. The summed E-state index contributed by atoms with van der Waals surface area (Å²) in [6, 6.07) is -0.442. The average Bonchev–Trinajstić information content (AvgIpc) is 2.85. The summed E-state index contributed by atoms with van der Waals surface area (Å²) >= 11 is 1.12. The Hall–Kier alpha value is -0.750. The third-order valence-corrected chi connectivity index (χ3v) is 4.00. The Morgan fingerprint density at radius 1 is 1.56 bits per heavy atom. The number of nitrogens with one attached hydrogen (secondary N) is 2. The van der Waals surface area contributed by atoms with Crippen molar-refractivity contribution in [1.29, 1.82) is 0 Å². The molecule has 2 aliphatic rings. The Labute approximate surface area is 98.4 Å². The first kappa shape index (κ1) is 11.7. The van der Waals surface area contributed by atoms with Crippen LogP contribution in [0, 0.1) is 0 Å². The predicted molar refractivity (Wildman–Crippen MR) is 61.2 cm³/mol. The molecule has 1 saturated heterocycles. The molecule has 16 heavy (non-hydrogen) atoms. The number of hydrogen-bond acceptors (Lipinski definition) is 4. The van der Waals surface area contributed by atoms with Crippen molar-refractivity contribution in [3.8, 4) is 0 Å². The zero-order chi connectivity index (χ0) is 11.6. The smallest absolute Gasteiger partial charge is 0.279 e. The molecule has 5 nitrogen and oxygen atoms in total. The van der Waals surface area contributed by atoms with Crippen LogP contribution in [0.25, 0.3) is 0 Å². The Bertz CT molecular complexity index is 302. The van der Waals surface area contributed by atoms with Crippen LogP contribution in [0.5, 0.6) is 0 Å². The molecule has 0 aromatic rings. The van der Waals surface area contributed by atoms with Crippen LogP contribution in [0.4, 0.5) is 4.79 Å². The van der Waals surface area contributed by atoms with Gasteiger partial charge in [0, 0.05) is 12.3 Å². The largest absolute Gasteiger partial charge is 0.388 e. The number of hydrogen-bond donors (Lipinski definition) is 3. The Morgan fingerprint density at radius 3 is 2.81 bits per heavy atom. The van der Waals surface area contributed by atoms with Crippen molar-refractivity contribution >= 4 is 22.9 Å². The van der Waals surface area contributed by atoms with Gasteiger partial charge in [-0.15, -0.1) is 0 Å². The van der Waals surface area contributed by atoms with E-state index < -0.39 is 11.6 Å². The van der Waals surface area contributed by atoms with Gasteiger partial charge in [0.05, 0.1) is 5.60 Å². The molecule has 1 aliphatic heterocycles. The maximum absolute atomic E-state index is 11.6. The van der Waals surface area contributed by atoms with Gasteiger partial charge in [-0.25, -0.2) is 0 Å². The highest BCUT2D eigenvalue weighted by Crippen LogP contribution is 2.28. The van der Waals surface area contributed by atoms with Gasteiger partial charge in [-0.05, 0) is 12.8 Å². The van der Waals surface area contributed by atoms with Crippen molar-refractivity contribution in [3.63, 3.8) is 0 Å². The van der Waals surface area contributed by atoms with E-state index in [-0.39, 0.29) is 11.1 Å². The van der Waals surface area contributed by atoms with Gasteiger partial charge < -0.3 is 15.7 Å². The number of rotatable bonds is 3. The summed E-state index contributed by atoms with van der Waals surface area (Å²) in [5, 5.41) is 15.2. The molecule has 2 amide bonds. The van der Waals surface area contributed by atoms with Crippen LogP contribution in [0.3, 0.4) is 0 Å². The van der Waals surface area contributed by atoms with E-state index >= 15 is 0 Å². The van der Waals surface area contributed by atoms with E-state index in [1.165, 1.54) is 0 Å². The summed E-state index contributed by atoms with van der Waals surface area (Å²) in [6.45, 7) is 0.295. The summed E-state index contributed by atoms with van der Waals surface area (Å²) in [4.78, 5) is 22.5. The average molecular weight is 244 g/mol. The van der Waals surface area contributed by atoms with E-state index in [0.29, 0.717) is 12.3 Å². The quantitative estimate of drug-likeness (QED) is 0.664. The third kappa shape index (κ3) is 2.68. The first-order valence-corrected chi connectivity index (χ1v) is 6.51. The Balaban J connectivity index is 1.77. The maximum atomic E-state index is 11.6. The minimum Gasteiger partial charge on any atom is -0.388 e. The fourth-order valence-electron chi connectivity index (χ4n) is 2.11. The highest BCUT2D eigenvalue weighted by Gasteiger charge is 2.33. The number of aliphatic hydroxyl groups is 1. The molecule has 90 valence electrons. The summed E-state index contributed by atoms with van der Waals surface area (Å²) in [7, 11) is 0. The molecule has 3 N–H and O–H groups in total. The van der Waals surface area contributed by atoms with Crippen LogP contribution in [0.2, 0.25) is 0 Å². The van der Waals surface area contributed by atoms with Crippen LogP contribution in [-0.4, -0.2) is 40.2 Å². The zero-order valence-corrected chi connectivity index (χ0v) is 9.81. The van der Waals surface area contributed by atoms with Crippen molar-refractivity contribution < 1.29 is 14.7 Å². The summed E-state index contributed by atoms with van der Waals surface area (Å²) in [5.41, 5.74) is -0.731. The van der Waals surface area contributed by atoms with Crippen LogP contribution in [-0.2, 0) is 4.79 Å². The topological polar surface area (TPSA) is 78.4 Å². The molecule has 0 radical (unpaired) electrons. The van der Waals surface area contributed by atoms with Gasteiger partial charge in [0.1, 0.15) is 6.04 Å². The van der Waals surface area contributed by atoms with E-state index in [1.807, 2.05) is 0 Å². The fraction of sp³-hybridized carbons (Fsp3) is 0.800. The van der Waals surface area contributed by atoms with Gasteiger partial charge in [-0.3, -0.25) is 9.59 Å². The summed E-state index contributed by atoms with van der Waals surface area (Å²) in [6.07, 6.45) is 3.53. The Morgan fingerprint density at radius 2 is 2.25 bits per heavy atom. The van der Waals surface area contributed by atoms with Crippen LogP contribution in [0.1, 0.15) is 25.7 Å². The molecule has 0 spiro atoms. The second-order valence-electron chi connectivity index (χ2n) is 4.44. The molecular weight excluding hydrogens is 228 g/mol. The molecule has 1 saturated carbocycles. The van der Waals surface area contributed by atoms with E-state index in [0.717, 1.165) is 37.4 Å². The van der Waals surface area contributed by atoms with Crippen molar-refractivity contribution in [2.45, 2.75) is 37.3 Å². The maximum Gasteiger partial charge on any atom is 0.279 e. The monoisotopic (exact) mass is 244 g/mol. The molecule has 2 rings (SSSR count). The van der Waals surface area contributed by atoms with Gasteiger partial charge in [0.15, 0.2) is 0 Å². The van der Waals surface area contributed by atoms with E-state index in [4.69, 9.17) is 0 Å². The summed E-state index contributed by atoms with van der Waals surface area (Å²) < 4.78 is 0. The fourth-order valence-corrected chi connectivity index (χ4v) is 2.89. The minimum absolute atomic E-state index is 0.153. The third-order valence-electron chi connectivity index (χ3n) is 3.12. The SMILES string of the molecule is O=C1NC(C(=O)NCC2(O)CCCC2)CS1. The molecular formula is C10H16N2O3S. The van der Waals surface area contributed by atoms with Gasteiger partial charge >= 0.3 is 0 Å². The first-order chi connectivity index (χ1) is 7.59. The normalized spacial score (nSPS) is 27.8. The minimum atomic E-state index is -0.731. The molecule has 1 atom stereocenters.